The molecule has 1 aromatic carbocycles. The minimum Gasteiger partial charge on any atom is -0.494 e. The molecule has 1 heterocycles. The van der Waals surface area contributed by atoms with Crippen LogP contribution < -0.4 is 15.4 Å². The summed E-state index contributed by atoms with van der Waals surface area (Å²) in [6, 6.07) is 8.33. The maximum absolute atomic E-state index is 12.0. The van der Waals surface area contributed by atoms with Gasteiger partial charge in [-0.2, -0.15) is 0 Å². The predicted molar refractivity (Wildman–Crippen MR) is 96.4 cm³/mol. The van der Waals surface area contributed by atoms with Crippen LogP contribution >= 0.6 is 12.4 Å². The van der Waals surface area contributed by atoms with E-state index in [4.69, 9.17) is 4.74 Å². The molecular formula is C18H29ClN2O2. The lowest BCUT2D eigenvalue weighted by Crippen LogP contribution is -2.50. The van der Waals surface area contributed by atoms with Gasteiger partial charge < -0.3 is 15.4 Å². The van der Waals surface area contributed by atoms with Crippen molar-refractivity contribution in [1.82, 2.24) is 10.6 Å². The summed E-state index contributed by atoms with van der Waals surface area (Å²) in [7, 11) is 0. The first-order valence-electron chi connectivity index (χ1n) is 8.34. The predicted octanol–water partition coefficient (Wildman–Crippen LogP) is 3.08. The number of nitrogens with one attached hydrogen (secondary N) is 2. The number of ether oxygens (including phenoxy) is 1. The Bertz CT molecular complexity index is 482. The maximum Gasteiger partial charge on any atom is 0.220 e. The number of benzene rings is 1. The van der Waals surface area contributed by atoms with Crippen LogP contribution in [0.1, 0.15) is 38.2 Å². The Morgan fingerprint density at radius 2 is 2.22 bits per heavy atom. The van der Waals surface area contributed by atoms with Crippen molar-refractivity contribution in [2.45, 2.75) is 45.6 Å². The van der Waals surface area contributed by atoms with Gasteiger partial charge in [0.2, 0.25) is 5.91 Å². The Morgan fingerprint density at radius 3 is 2.96 bits per heavy atom. The second-order valence-corrected chi connectivity index (χ2v) is 6.27. The molecule has 2 unspecified atom stereocenters. The van der Waals surface area contributed by atoms with Crippen molar-refractivity contribution in [3.63, 3.8) is 0 Å². The number of hydrogen-bond acceptors (Lipinski definition) is 3. The zero-order chi connectivity index (χ0) is 15.8. The van der Waals surface area contributed by atoms with Crippen molar-refractivity contribution >= 4 is 18.3 Å². The molecule has 1 fully saturated rings. The van der Waals surface area contributed by atoms with Crippen molar-refractivity contribution < 1.29 is 9.53 Å². The largest absolute Gasteiger partial charge is 0.494 e. The number of hydrogen-bond donors (Lipinski definition) is 2. The third-order valence-corrected chi connectivity index (χ3v) is 4.23. The van der Waals surface area contributed by atoms with Crippen LogP contribution in [0.3, 0.4) is 0 Å². The number of amides is 1. The van der Waals surface area contributed by atoms with E-state index in [-0.39, 0.29) is 24.4 Å². The van der Waals surface area contributed by atoms with E-state index < -0.39 is 0 Å². The highest BCUT2D eigenvalue weighted by atomic mass is 35.5. The van der Waals surface area contributed by atoms with Gasteiger partial charge in [-0.3, -0.25) is 4.79 Å². The summed E-state index contributed by atoms with van der Waals surface area (Å²) in [5.41, 5.74) is 1.20. The average Bonchev–Trinajstić information content (AvgIpc) is 2.49. The van der Waals surface area contributed by atoms with Crippen molar-refractivity contribution in [3.8, 4) is 5.75 Å². The molecule has 2 N–H and O–H groups in total. The highest BCUT2D eigenvalue weighted by molar-refractivity contribution is 5.85. The number of rotatable bonds is 7. The van der Waals surface area contributed by atoms with Crippen LogP contribution in [0, 0.1) is 12.8 Å². The summed E-state index contributed by atoms with van der Waals surface area (Å²) in [5.74, 6) is 1.64. The molecule has 5 heteroatoms. The lowest BCUT2D eigenvalue weighted by atomic mass is 9.94. The molecule has 1 aliphatic rings. The molecule has 0 aromatic heterocycles. The number of piperidine rings is 1. The van der Waals surface area contributed by atoms with Gasteiger partial charge in [0.15, 0.2) is 0 Å². The number of carbonyl (C=O) groups excluding carboxylic acids is 1. The summed E-state index contributed by atoms with van der Waals surface area (Å²) in [6.07, 6.45) is 3.49. The Morgan fingerprint density at radius 1 is 1.39 bits per heavy atom. The minimum absolute atomic E-state index is 0. The van der Waals surface area contributed by atoms with E-state index in [0.29, 0.717) is 18.9 Å². The fourth-order valence-electron chi connectivity index (χ4n) is 2.74. The van der Waals surface area contributed by atoms with Crippen molar-refractivity contribution in [1.29, 1.82) is 0 Å². The Labute approximate surface area is 145 Å². The van der Waals surface area contributed by atoms with E-state index in [1.165, 1.54) is 5.56 Å². The van der Waals surface area contributed by atoms with Crippen LogP contribution in [0.2, 0.25) is 0 Å². The zero-order valence-corrected chi connectivity index (χ0v) is 15.0. The molecule has 1 saturated heterocycles. The zero-order valence-electron chi connectivity index (χ0n) is 14.1. The van der Waals surface area contributed by atoms with E-state index in [9.17, 15) is 4.79 Å². The fraction of sp³-hybridized carbons (Fsp3) is 0.611. The van der Waals surface area contributed by atoms with Crippen LogP contribution in [0.4, 0.5) is 0 Å². The van der Waals surface area contributed by atoms with Gasteiger partial charge in [0.1, 0.15) is 5.75 Å². The molecule has 0 aliphatic carbocycles. The first kappa shape index (κ1) is 19.8. The van der Waals surface area contributed by atoms with Crippen LogP contribution in [0.15, 0.2) is 24.3 Å². The number of carbonyl (C=O) groups is 1. The van der Waals surface area contributed by atoms with E-state index in [2.05, 4.69) is 30.5 Å². The van der Waals surface area contributed by atoms with Crippen LogP contribution in [-0.2, 0) is 4.79 Å². The molecule has 1 amide bonds. The van der Waals surface area contributed by atoms with E-state index in [1.54, 1.807) is 0 Å². The number of unbranched alkanes of at least 4 members (excludes halogenated alkanes) is 1. The second-order valence-electron chi connectivity index (χ2n) is 6.27. The lowest BCUT2D eigenvalue weighted by molar-refractivity contribution is -0.122. The van der Waals surface area contributed by atoms with E-state index in [1.807, 2.05) is 18.2 Å². The molecule has 130 valence electrons. The van der Waals surface area contributed by atoms with Crippen LogP contribution in [0.25, 0.3) is 0 Å². The minimum atomic E-state index is 0. The Hall–Kier alpha value is -1.26. The molecule has 2 rings (SSSR count). The van der Waals surface area contributed by atoms with Gasteiger partial charge >= 0.3 is 0 Å². The van der Waals surface area contributed by atoms with Gasteiger partial charge in [-0.15, -0.1) is 12.4 Å². The molecule has 1 aliphatic heterocycles. The third kappa shape index (κ3) is 7.23. The monoisotopic (exact) mass is 340 g/mol. The number of halogens is 1. The first-order chi connectivity index (χ1) is 10.6. The van der Waals surface area contributed by atoms with Gasteiger partial charge in [-0.25, -0.2) is 0 Å². The molecular weight excluding hydrogens is 312 g/mol. The lowest BCUT2D eigenvalue weighted by Gasteiger charge is -2.30. The fourth-order valence-corrected chi connectivity index (χ4v) is 2.74. The van der Waals surface area contributed by atoms with Crippen LogP contribution in [-0.4, -0.2) is 31.6 Å². The highest BCUT2D eigenvalue weighted by Gasteiger charge is 2.22. The van der Waals surface area contributed by atoms with Crippen molar-refractivity contribution in [2.75, 3.05) is 19.7 Å². The highest BCUT2D eigenvalue weighted by Crippen LogP contribution is 2.13. The molecule has 2 atom stereocenters. The standard InChI is InChI=1S/C18H28N2O2.ClH/c1-14-6-5-7-16(12-14)22-11-4-3-8-18(21)20-17-13-19-10-9-15(17)2;/h5-7,12,15,17,19H,3-4,8-11,13H2,1-2H3,(H,20,21);1H. The van der Waals surface area contributed by atoms with Gasteiger partial charge in [0.05, 0.1) is 6.61 Å². The summed E-state index contributed by atoms with van der Waals surface area (Å²) in [4.78, 5) is 12.0. The summed E-state index contributed by atoms with van der Waals surface area (Å²) >= 11 is 0. The van der Waals surface area contributed by atoms with Gasteiger partial charge in [0.25, 0.3) is 0 Å². The smallest absolute Gasteiger partial charge is 0.220 e. The van der Waals surface area contributed by atoms with E-state index >= 15 is 0 Å². The average molecular weight is 341 g/mol. The van der Waals surface area contributed by atoms with Crippen molar-refractivity contribution in [3.05, 3.63) is 29.8 Å². The summed E-state index contributed by atoms with van der Waals surface area (Å²) in [6.45, 7) is 6.88. The quantitative estimate of drug-likeness (QED) is 0.750. The molecule has 4 nitrogen and oxygen atoms in total. The number of aryl methyl sites for hydroxylation is 1. The van der Waals surface area contributed by atoms with Crippen molar-refractivity contribution in [2.24, 2.45) is 5.92 Å². The topological polar surface area (TPSA) is 50.4 Å². The van der Waals surface area contributed by atoms with Gasteiger partial charge in [-0.1, -0.05) is 19.1 Å². The van der Waals surface area contributed by atoms with Crippen LogP contribution in [0.5, 0.6) is 5.75 Å². The SMILES string of the molecule is Cc1cccc(OCCCCC(=O)NC2CNCCC2C)c1.Cl. The summed E-state index contributed by atoms with van der Waals surface area (Å²) in [5, 5.41) is 6.48. The third-order valence-electron chi connectivity index (χ3n) is 4.23. The molecule has 0 spiro atoms. The normalized spacial score (nSPS) is 20.4. The Kier molecular flexibility index (Phi) is 9.03. The maximum atomic E-state index is 12.0. The van der Waals surface area contributed by atoms with Gasteiger partial charge in [-0.05, 0) is 56.3 Å². The second kappa shape index (κ2) is 10.5. The molecule has 0 radical (unpaired) electrons. The molecule has 0 bridgehead atoms. The van der Waals surface area contributed by atoms with E-state index in [0.717, 1.165) is 38.1 Å². The van der Waals surface area contributed by atoms with Gasteiger partial charge in [0, 0.05) is 19.0 Å². The molecule has 1 aromatic rings. The summed E-state index contributed by atoms with van der Waals surface area (Å²) < 4.78 is 5.69. The molecule has 23 heavy (non-hydrogen) atoms. The Balaban J connectivity index is 0.00000264. The molecule has 0 saturated carbocycles. The first-order valence-corrected chi connectivity index (χ1v) is 8.34.